The lowest BCUT2D eigenvalue weighted by Gasteiger charge is -2.38. The second-order valence-electron chi connectivity index (χ2n) is 7.42. The molecule has 21 heavy (non-hydrogen) atoms. The van der Waals surface area contributed by atoms with Gasteiger partial charge in [-0.25, -0.2) is 0 Å². The number of piperazine rings is 1. The summed E-state index contributed by atoms with van der Waals surface area (Å²) in [5.41, 5.74) is 0.336. The van der Waals surface area contributed by atoms with Gasteiger partial charge in [-0.3, -0.25) is 14.6 Å². The third kappa shape index (κ3) is 5.93. The SMILES string of the molecule is CC(C)(C)CN1CCN(C(=O)CCN2CCOCC2)CC1. The smallest absolute Gasteiger partial charge is 0.223 e. The monoisotopic (exact) mass is 297 g/mol. The molecule has 5 nitrogen and oxygen atoms in total. The number of morpholine rings is 1. The first kappa shape index (κ1) is 16.7. The van der Waals surface area contributed by atoms with Gasteiger partial charge in [-0.2, -0.15) is 0 Å². The molecule has 0 aliphatic carbocycles. The van der Waals surface area contributed by atoms with Crippen LogP contribution in [0.1, 0.15) is 27.2 Å². The summed E-state index contributed by atoms with van der Waals surface area (Å²) in [4.78, 5) is 19.1. The molecule has 0 atom stereocenters. The normalized spacial score (nSPS) is 22.5. The molecule has 2 fully saturated rings. The number of hydrogen-bond acceptors (Lipinski definition) is 4. The molecular formula is C16H31N3O2. The van der Waals surface area contributed by atoms with Gasteiger partial charge in [0.2, 0.25) is 5.91 Å². The molecule has 2 aliphatic heterocycles. The van der Waals surface area contributed by atoms with Crippen LogP contribution in [-0.4, -0.2) is 86.2 Å². The summed E-state index contributed by atoms with van der Waals surface area (Å²) in [6, 6.07) is 0. The van der Waals surface area contributed by atoms with Gasteiger partial charge < -0.3 is 9.64 Å². The molecule has 0 aromatic carbocycles. The minimum absolute atomic E-state index is 0.317. The van der Waals surface area contributed by atoms with Crippen molar-refractivity contribution in [2.24, 2.45) is 5.41 Å². The summed E-state index contributed by atoms with van der Waals surface area (Å²) in [6.45, 7) is 16.1. The fourth-order valence-electron chi connectivity index (χ4n) is 3.06. The van der Waals surface area contributed by atoms with Crippen LogP contribution in [0.2, 0.25) is 0 Å². The minimum Gasteiger partial charge on any atom is -0.379 e. The number of ether oxygens (including phenoxy) is 1. The van der Waals surface area contributed by atoms with Crippen LogP contribution in [0.4, 0.5) is 0 Å². The second kappa shape index (κ2) is 7.56. The van der Waals surface area contributed by atoms with Gasteiger partial charge in [-0.1, -0.05) is 20.8 Å². The standard InChI is InChI=1S/C16H31N3O2/c1-16(2,3)14-18-6-8-19(9-7-18)15(20)4-5-17-10-12-21-13-11-17/h4-14H2,1-3H3. The van der Waals surface area contributed by atoms with Crippen molar-refractivity contribution in [3.8, 4) is 0 Å². The Morgan fingerprint density at radius 2 is 1.57 bits per heavy atom. The van der Waals surface area contributed by atoms with E-state index in [4.69, 9.17) is 4.74 Å². The highest BCUT2D eigenvalue weighted by Crippen LogP contribution is 2.16. The molecule has 0 spiro atoms. The van der Waals surface area contributed by atoms with Crippen molar-refractivity contribution in [3.05, 3.63) is 0 Å². The molecule has 0 aromatic heterocycles. The number of rotatable bonds is 4. The third-order valence-electron chi connectivity index (χ3n) is 4.17. The molecule has 0 saturated carbocycles. The van der Waals surface area contributed by atoms with Crippen LogP contribution in [0.25, 0.3) is 0 Å². The highest BCUT2D eigenvalue weighted by molar-refractivity contribution is 5.76. The highest BCUT2D eigenvalue weighted by Gasteiger charge is 2.24. The first-order chi connectivity index (χ1) is 9.94. The average molecular weight is 297 g/mol. The van der Waals surface area contributed by atoms with E-state index in [-0.39, 0.29) is 0 Å². The van der Waals surface area contributed by atoms with Gasteiger partial charge in [0.1, 0.15) is 0 Å². The molecule has 5 heteroatoms. The van der Waals surface area contributed by atoms with Crippen LogP contribution in [0.3, 0.4) is 0 Å². The predicted molar refractivity (Wildman–Crippen MR) is 84.4 cm³/mol. The average Bonchev–Trinajstić information content (AvgIpc) is 2.45. The van der Waals surface area contributed by atoms with Crippen LogP contribution in [0, 0.1) is 5.41 Å². The highest BCUT2D eigenvalue weighted by atomic mass is 16.5. The summed E-state index contributed by atoms with van der Waals surface area (Å²) in [5.74, 6) is 0.317. The summed E-state index contributed by atoms with van der Waals surface area (Å²) in [6.07, 6.45) is 0.652. The molecule has 2 rings (SSSR count). The van der Waals surface area contributed by atoms with E-state index in [2.05, 4.69) is 30.6 Å². The zero-order chi connectivity index (χ0) is 15.3. The van der Waals surface area contributed by atoms with Gasteiger partial charge in [0.25, 0.3) is 0 Å². The van der Waals surface area contributed by atoms with Crippen molar-refractivity contribution in [2.75, 3.05) is 65.6 Å². The van der Waals surface area contributed by atoms with Crippen molar-refractivity contribution < 1.29 is 9.53 Å². The maximum atomic E-state index is 12.3. The number of nitrogens with zero attached hydrogens (tertiary/aromatic N) is 3. The molecule has 122 valence electrons. The van der Waals surface area contributed by atoms with Gasteiger partial charge in [0.15, 0.2) is 0 Å². The van der Waals surface area contributed by atoms with Crippen molar-refractivity contribution in [1.82, 2.24) is 14.7 Å². The molecule has 0 unspecified atom stereocenters. The van der Waals surface area contributed by atoms with E-state index in [1.54, 1.807) is 0 Å². The fourth-order valence-corrected chi connectivity index (χ4v) is 3.06. The molecule has 2 aliphatic rings. The van der Waals surface area contributed by atoms with E-state index < -0.39 is 0 Å². The Bertz CT molecular complexity index is 327. The number of hydrogen-bond donors (Lipinski definition) is 0. The molecule has 0 aromatic rings. The van der Waals surface area contributed by atoms with Gasteiger partial charge in [-0.05, 0) is 5.41 Å². The number of carbonyl (C=O) groups excluding carboxylic acids is 1. The predicted octanol–water partition coefficient (Wildman–Crippen LogP) is 0.899. The first-order valence-electron chi connectivity index (χ1n) is 8.24. The van der Waals surface area contributed by atoms with Gasteiger partial charge >= 0.3 is 0 Å². The number of carbonyl (C=O) groups is 1. The summed E-state index contributed by atoms with van der Waals surface area (Å²) >= 11 is 0. The van der Waals surface area contributed by atoms with Gasteiger partial charge in [-0.15, -0.1) is 0 Å². The van der Waals surface area contributed by atoms with Crippen molar-refractivity contribution in [3.63, 3.8) is 0 Å². The van der Waals surface area contributed by atoms with Gasteiger partial charge in [0.05, 0.1) is 13.2 Å². The molecule has 2 heterocycles. The van der Waals surface area contributed by atoms with Crippen molar-refractivity contribution >= 4 is 5.91 Å². The lowest BCUT2D eigenvalue weighted by Crippen LogP contribution is -2.51. The Kier molecular flexibility index (Phi) is 6.02. The molecule has 2 saturated heterocycles. The lowest BCUT2D eigenvalue weighted by atomic mass is 9.96. The van der Waals surface area contributed by atoms with E-state index in [1.165, 1.54) is 0 Å². The molecule has 0 bridgehead atoms. The third-order valence-corrected chi connectivity index (χ3v) is 4.17. The van der Waals surface area contributed by atoms with E-state index in [1.807, 2.05) is 4.90 Å². The van der Waals surface area contributed by atoms with Crippen LogP contribution in [0.5, 0.6) is 0 Å². The molecular weight excluding hydrogens is 266 g/mol. The number of amides is 1. The van der Waals surface area contributed by atoms with E-state index in [9.17, 15) is 4.79 Å². The Morgan fingerprint density at radius 1 is 0.952 bits per heavy atom. The Morgan fingerprint density at radius 3 is 2.14 bits per heavy atom. The first-order valence-corrected chi connectivity index (χ1v) is 8.24. The Labute approximate surface area is 129 Å². The lowest BCUT2D eigenvalue weighted by molar-refractivity contribution is -0.133. The van der Waals surface area contributed by atoms with Crippen LogP contribution in [-0.2, 0) is 9.53 Å². The molecule has 0 radical (unpaired) electrons. The minimum atomic E-state index is 0.317. The summed E-state index contributed by atoms with van der Waals surface area (Å²) < 4.78 is 5.33. The van der Waals surface area contributed by atoms with Gasteiger partial charge in [0, 0.05) is 58.8 Å². The largest absolute Gasteiger partial charge is 0.379 e. The maximum Gasteiger partial charge on any atom is 0.223 e. The van der Waals surface area contributed by atoms with E-state index >= 15 is 0 Å². The topological polar surface area (TPSA) is 36.0 Å². The van der Waals surface area contributed by atoms with Crippen molar-refractivity contribution in [1.29, 1.82) is 0 Å². The molecule has 0 N–H and O–H groups in total. The zero-order valence-electron chi connectivity index (χ0n) is 13.9. The Hall–Kier alpha value is -0.650. The Balaban J connectivity index is 1.65. The van der Waals surface area contributed by atoms with Crippen LogP contribution >= 0.6 is 0 Å². The van der Waals surface area contributed by atoms with E-state index in [0.29, 0.717) is 17.7 Å². The second-order valence-corrected chi connectivity index (χ2v) is 7.42. The molecule has 1 amide bonds. The van der Waals surface area contributed by atoms with Crippen molar-refractivity contribution in [2.45, 2.75) is 27.2 Å². The fraction of sp³-hybridized carbons (Fsp3) is 0.938. The van der Waals surface area contributed by atoms with Crippen LogP contribution in [0.15, 0.2) is 0 Å². The van der Waals surface area contributed by atoms with E-state index in [0.717, 1.165) is 65.6 Å². The zero-order valence-corrected chi connectivity index (χ0v) is 13.9. The quantitative estimate of drug-likeness (QED) is 0.772. The van der Waals surface area contributed by atoms with Crippen LogP contribution < -0.4 is 0 Å². The summed E-state index contributed by atoms with van der Waals surface area (Å²) in [5, 5.41) is 0. The summed E-state index contributed by atoms with van der Waals surface area (Å²) in [7, 11) is 0. The maximum absolute atomic E-state index is 12.3.